The topological polar surface area (TPSA) is 87.0 Å². The lowest BCUT2D eigenvalue weighted by atomic mass is 9.62. The van der Waals surface area contributed by atoms with Crippen LogP contribution >= 0.6 is 0 Å². The van der Waals surface area contributed by atoms with Gasteiger partial charge in [-0.25, -0.2) is 0 Å². The van der Waals surface area contributed by atoms with E-state index in [9.17, 15) is 20.1 Å². The lowest BCUT2D eigenvalue weighted by Crippen LogP contribution is -2.37. The zero-order valence-corrected chi connectivity index (χ0v) is 23.3. The highest BCUT2D eigenvalue weighted by atomic mass is 16.5. The van der Waals surface area contributed by atoms with E-state index in [1.54, 1.807) is 19.9 Å². The first-order valence-corrected chi connectivity index (χ1v) is 14.1. The van der Waals surface area contributed by atoms with E-state index in [4.69, 9.17) is 4.74 Å². The summed E-state index contributed by atoms with van der Waals surface area (Å²) in [6.45, 7) is 16.7. The molecule has 3 fully saturated rings. The number of hydrogen-bond acceptors (Lipinski definition) is 5. The number of allylic oxidation sites excluding steroid dienone is 5. The molecule has 0 spiro atoms. The molecule has 0 heterocycles. The van der Waals surface area contributed by atoms with E-state index in [-0.39, 0.29) is 11.4 Å². The number of aliphatic hydroxyl groups excluding tert-OH is 3. The molecular formula is C32H48O5. The van der Waals surface area contributed by atoms with E-state index >= 15 is 0 Å². The Morgan fingerprint density at radius 2 is 2.00 bits per heavy atom. The summed E-state index contributed by atoms with van der Waals surface area (Å²) < 4.78 is 5.36. The van der Waals surface area contributed by atoms with Crippen molar-refractivity contribution in [3.05, 3.63) is 59.8 Å². The SMILES string of the molecule is C=C(C=C[C@H](O)C(C)(C)C(=O)OCCCC)[C@H]1CC[C@H]2C(=CC=C3C[C@@H](O)C[C@H](O)C3=C)CCC[C@]12C. The van der Waals surface area contributed by atoms with Gasteiger partial charge in [0.1, 0.15) is 0 Å². The van der Waals surface area contributed by atoms with E-state index in [1.165, 1.54) is 5.57 Å². The monoisotopic (exact) mass is 512 g/mol. The molecule has 0 aliphatic heterocycles. The van der Waals surface area contributed by atoms with Crippen LogP contribution in [0.2, 0.25) is 0 Å². The Hall–Kier alpha value is -1.95. The van der Waals surface area contributed by atoms with Crippen molar-refractivity contribution >= 4 is 5.97 Å². The Balaban J connectivity index is 1.70. The van der Waals surface area contributed by atoms with Crippen LogP contribution < -0.4 is 0 Å². The minimum Gasteiger partial charge on any atom is -0.465 e. The summed E-state index contributed by atoms with van der Waals surface area (Å²) in [6.07, 6.45) is 13.8. The molecular weight excluding hydrogens is 464 g/mol. The second kappa shape index (κ2) is 12.3. The number of unbranched alkanes of at least 4 members (excludes halogenated alkanes) is 1. The lowest BCUT2D eigenvalue weighted by Gasteiger charge is -2.42. The van der Waals surface area contributed by atoms with Crippen LogP contribution in [0.1, 0.15) is 85.5 Å². The van der Waals surface area contributed by atoms with Gasteiger partial charge < -0.3 is 20.1 Å². The van der Waals surface area contributed by atoms with E-state index in [1.807, 2.05) is 13.0 Å². The molecule has 0 unspecified atom stereocenters. The number of carbonyl (C=O) groups excluding carboxylic acids is 1. The third-order valence-corrected chi connectivity index (χ3v) is 9.17. The average molecular weight is 513 g/mol. The van der Waals surface area contributed by atoms with Crippen molar-refractivity contribution in [1.82, 2.24) is 0 Å². The summed E-state index contributed by atoms with van der Waals surface area (Å²) in [6, 6.07) is 0. The summed E-state index contributed by atoms with van der Waals surface area (Å²) in [7, 11) is 0. The van der Waals surface area contributed by atoms with Gasteiger partial charge in [0, 0.05) is 6.42 Å². The molecule has 6 atom stereocenters. The van der Waals surface area contributed by atoms with Crippen LogP contribution in [0.25, 0.3) is 0 Å². The second-order valence-corrected chi connectivity index (χ2v) is 12.2. The Bertz CT molecular complexity index is 954. The van der Waals surface area contributed by atoms with Gasteiger partial charge in [0.2, 0.25) is 0 Å². The van der Waals surface area contributed by atoms with Gasteiger partial charge in [-0.1, -0.05) is 68.9 Å². The number of hydrogen-bond donors (Lipinski definition) is 3. The van der Waals surface area contributed by atoms with Crippen LogP contribution in [0.4, 0.5) is 0 Å². The van der Waals surface area contributed by atoms with Gasteiger partial charge in [-0.3, -0.25) is 4.79 Å². The molecule has 3 N–H and O–H groups in total. The maximum absolute atomic E-state index is 12.5. The smallest absolute Gasteiger partial charge is 0.314 e. The van der Waals surface area contributed by atoms with Gasteiger partial charge in [0.05, 0.1) is 30.3 Å². The van der Waals surface area contributed by atoms with Crippen molar-refractivity contribution in [3.8, 4) is 0 Å². The summed E-state index contributed by atoms with van der Waals surface area (Å²) >= 11 is 0. The average Bonchev–Trinajstić information content (AvgIpc) is 3.21. The standard InChI is InChI=1S/C32H48O5/c1-7-8-18-37-30(36)31(4,5)29(35)16-11-21(2)26-14-15-27-23(10-9-17-32(26,27)6)12-13-24-19-25(33)20-28(34)22(24)3/h11-13,16,25-29,33-35H,2-3,7-10,14-15,17-20H2,1,4-6H3/t25-,26-,27+,28+,29+,32-/m1/s1. The molecule has 0 aromatic carbocycles. The Morgan fingerprint density at radius 3 is 2.70 bits per heavy atom. The fourth-order valence-corrected chi connectivity index (χ4v) is 6.50. The number of fused-ring (bicyclic) bond motifs is 1. The van der Waals surface area contributed by atoms with Gasteiger partial charge in [-0.05, 0) is 87.2 Å². The molecule has 3 aliphatic rings. The van der Waals surface area contributed by atoms with E-state index in [2.05, 4.69) is 32.2 Å². The number of rotatable bonds is 9. The number of ether oxygens (including phenoxy) is 1. The normalized spacial score (nSPS) is 33.6. The summed E-state index contributed by atoms with van der Waals surface area (Å²) in [5, 5.41) is 31.1. The molecule has 3 aliphatic carbocycles. The molecule has 0 saturated heterocycles. The summed E-state index contributed by atoms with van der Waals surface area (Å²) in [5.41, 5.74) is 3.17. The molecule has 5 nitrogen and oxygen atoms in total. The molecule has 37 heavy (non-hydrogen) atoms. The van der Waals surface area contributed by atoms with Crippen molar-refractivity contribution in [2.24, 2.45) is 22.7 Å². The number of aliphatic hydroxyl groups is 3. The van der Waals surface area contributed by atoms with Gasteiger partial charge in [0.15, 0.2) is 0 Å². The highest BCUT2D eigenvalue weighted by molar-refractivity contribution is 5.77. The highest BCUT2D eigenvalue weighted by Gasteiger charge is 2.49. The van der Waals surface area contributed by atoms with Crippen molar-refractivity contribution in [2.75, 3.05) is 6.61 Å². The highest BCUT2D eigenvalue weighted by Crippen LogP contribution is 2.59. The van der Waals surface area contributed by atoms with Crippen LogP contribution in [0.5, 0.6) is 0 Å². The maximum Gasteiger partial charge on any atom is 0.314 e. The first kappa shape index (κ1) is 29.6. The Labute approximate surface area is 223 Å². The van der Waals surface area contributed by atoms with Gasteiger partial charge in [-0.15, -0.1) is 0 Å². The molecule has 0 aromatic heterocycles. The molecule has 0 aromatic rings. The third-order valence-electron chi connectivity index (χ3n) is 9.17. The van der Waals surface area contributed by atoms with Gasteiger partial charge in [-0.2, -0.15) is 0 Å². The third kappa shape index (κ3) is 6.55. The van der Waals surface area contributed by atoms with E-state index < -0.39 is 23.7 Å². The minimum atomic E-state index is -1.02. The predicted molar refractivity (Wildman–Crippen MR) is 149 cm³/mol. The van der Waals surface area contributed by atoms with Crippen molar-refractivity contribution < 1.29 is 24.9 Å². The molecule has 206 valence electrons. The van der Waals surface area contributed by atoms with Crippen molar-refractivity contribution in [3.63, 3.8) is 0 Å². The van der Waals surface area contributed by atoms with Crippen LogP contribution in [0.15, 0.2) is 59.8 Å². The van der Waals surface area contributed by atoms with Crippen LogP contribution in [0.3, 0.4) is 0 Å². The van der Waals surface area contributed by atoms with Crippen molar-refractivity contribution in [2.45, 2.75) is 104 Å². The minimum absolute atomic E-state index is 0.0895. The van der Waals surface area contributed by atoms with Gasteiger partial charge in [0.25, 0.3) is 0 Å². The Morgan fingerprint density at radius 1 is 1.27 bits per heavy atom. The number of esters is 1. The predicted octanol–water partition coefficient (Wildman–Crippen LogP) is 5.97. The molecule has 0 amide bonds. The molecule has 3 saturated carbocycles. The van der Waals surface area contributed by atoms with Crippen LogP contribution in [0, 0.1) is 22.7 Å². The molecule has 5 heteroatoms. The second-order valence-electron chi connectivity index (χ2n) is 12.2. The summed E-state index contributed by atoms with van der Waals surface area (Å²) in [5.74, 6) is 0.383. The largest absolute Gasteiger partial charge is 0.465 e. The summed E-state index contributed by atoms with van der Waals surface area (Å²) in [4.78, 5) is 12.5. The van der Waals surface area contributed by atoms with Crippen LogP contribution in [-0.2, 0) is 9.53 Å². The number of carbonyl (C=O) groups is 1. The first-order chi connectivity index (χ1) is 17.4. The fourth-order valence-electron chi connectivity index (χ4n) is 6.50. The Kier molecular flexibility index (Phi) is 9.82. The van der Waals surface area contributed by atoms with E-state index in [0.29, 0.717) is 31.3 Å². The molecule has 0 radical (unpaired) electrons. The lowest BCUT2D eigenvalue weighted by molar-refractivity contribution is -0.158. The molecule has 0 bridgehead atoms. The fraction of sp³-hybridized carbons (Fsp3) is 0.656. The maximum atomic E-state index is 12.5. The first-order valence-electron chi connectivity index (χ1n) is 14.1. The van der Waals surface area contributed by atoms with Crippen LogP contribution in [-0.4, -0.2) is 46.2 Å². The quantitative estimate of drug-likeness (QED) is 0.201. The van der Waals surface area contributed by atoms with Crippen molar-refractivity contribution in [1.29, 1.82) is 0 Å². The van der Waals surface area contributed by atoms with E-state index in [0.717, 1.165) is 61.7 Å². The zero-order chi connectivity index (χ0) is 27.4. The molecule has 3 rings (SSSR count). The van der Waals surface area contributed by atoms with Gasteiger partial charge >= 0.3 is 5.97 Å². The zero-order valence-electron chi connectivity index (χ0n) is 23.3.